The molecule has 0 radical (unpaired) electrons. The summed E-state index contributed by atoms with van der Waals surface area (Å²) in [6.45, 7) is 3.46. The number of hydrogen-bond acceptors (Lipinski definition) is 6. The summed E-state index contributed by atoms with van der Waals surface area (Å²) < 4.78 is 0. The highest BCUT2D eigenvalue weighted by atomic mass is 35.5. The lowest BCUT2D eigenvalue weighted by atomic mass is 10.1. The van der Waals surface area contributed by atoms with E-state index < -0.39 is 11.8 Å². The minimum Gasteiger partial charge on any atom is -0.322 e. The molecule has 0 aromatic heterocycles. The van der Waals surface area contributed by atoms with Gasteiger partial charge in [0.05, 0.1) is 32.6 Å². The average Bonchev–Trinajstić information content (AvgIpc) is 3.08. The van der Waals surface area contributed by atoms with Crippen LogP contribution < -0.4 is 21.5 Å². The molecule has 0 heterocycles. The lowest BCUT2D eigenvalue weighted by molar-refractivity contribution is -0.123. The number of rotatable bonds is 13. The van der Waals surface area contributed by atoms with Crippen LogP contribution in [0.25, 0.3) is 0 Å². The standard InChI is InChI=1S/C36H32Cl4N6O4/c1-21(23-7-5-9-27(17-23)41-35(49)29-15-13-25(37)19-31(29)39)43-45-33(47)11-3-4-12-34(48)46-44-22(2)24-8-6-10-28(18-24)42-36(50)30-16-14-26(38)20-32(30)40/h5-10,13-20H,3-4,11-12H2,1-2H3,(H,41,49)(H,42,50)(H,45,47)(H,46,48)/b43-21+,44-22+. The maximum absolute atomic E-state index is 12.7. The van der Waals surface area contributed by atoms with Crippen LogP contribution in [0, 0.1) is 0 Å². The van der Waals surface area contributed by atoms with Gasteiger partial charge in [-0.05, 0) is 98.5 Å². The number of hydrogen-bond donors (Lipinski definition) is 4. The van der Waals surface area contributed by atoms with Crippen LogP contribution in [0.3, 0.4) is 0 Å². The Morgan fingerprint density at radius 1 is 0.560 bits per heavy atom. The Labute approximate surface area is 309 Å². The highest BCUT2D eigenvalue weighted by Gasteiger charge is 2.13. The van der Waals surface area contributed by atoms with Crippen LogP contribution in [-0.4, -0.2) is 35.1 Å². The molecule has 4 aromatic carbocycles. The summed E-state index contributed by atoms with van der Waals surface area (Å²) in [7, 11) is 0. The number of carbonyl (C=O) groups is 4. The zero-order valence-electron chi connectivity index (χ0n) is 27.0. The molecule has 0 aliphatic rings. The second kappa shape index (κ2) is 18.3. The minimum atomic E-state index is -0.392. The van der Waals surface area contributed by atoms with E-state index in [-0.39, 0.29) is 45.8 Å². The molecule has 0 unspecified atom stereocenters. The van der Waals surface area contributed by atoms with E-state index in [9.17, 15) is 19.2 Å². The Morgan fingerprint density at radius 2 is 0.960 bits per heavy atom. The number of amides is 4. The third-order valence-electron chi connectivity index (χ3n) is 7.18. The van der Waals surface area contributed by atoms with Gasteiger partial charge in [-0.2, -0.15) is 10.2 Å². The Hall–Kier alpha value is -4.74. The van der Waals surface area contributed by atoms with E-state index in [1.165, 1.54) is 12.1 Å². The second-order valence-corrected chi connectivity index (χ2v) is 12.7. The largest absolute Gasteiger partial charge is 0.322 e. The Bertz CT molecular complexity index is 1840. The van der Waals surface area contributed by atoms with Crippen molar-refractivity contribution in [1.29, 1.82) is 0 Å². The molecule has 4 aromatic rings. The summed E-state index contributed by atoms with van der Waals surface area (Å²) >= 11 is 24.1. The van der Waals surface area contributed by atoms with Gasteiger partial charge in [-0.1, -0.05) is 70.7 Å². The molecule has 0 saturated heterocycles. The van der Waals surface area contributed by atoms with Crippen molar-refractivity contribution in [1.82, 2.24) is 10.9 Å². The fraction of sp³-hybridized carbons (Fsp3) is 0.167. The van der Waals surface area contributed by atoms with Crippen molar-refractivity contribution in [2.24, 2.45) is 10.2 Å². The number of nitrogens with zero attached hydrogens (tertiary/aromatic N) is 2. The monoisotopic (exact) mass is 752 g/mol. The van der Waals surface area contributed by atoms with E-state index in [0.29, 0.717) is 56.8 Å². The third-order valence-corrected chi connectivity index (χ3v) is 8.28. The van der Waals surface area contributed by atoms with Gasteiger partial charge in [-0.15, -0.1) is 0 Å². The summed E-state index contributed by atoms with van der Waals surface area (Å²) in [6.07, 6.45) is 1.27. The van der Waals surface area contributed by atoms with Gasteiger partial charge >= 0.3 is 0 Å². The normalized spacial score (nSPS) is 11.5. The van der Waals surface area contributed by atoms with Gasteiger partial charge in [0.2, 0.25) is 11.8 Å². The van der Waals surface area contributed by atoms with Gasteiger partial charge in [0.25, 0.3) is 11.8 Å². The first-order valence-corrected chi connectivity index (χ1v) is 16.8. The van der Waals surface area contributed by atoms with Crippen LogP contribution in [-0.2, 0) is 9.59 Å². The maximum atomic E-state index is 12.7. The smallest absolute Gasteiger partial charge is 0.257 e. The van der Waals surface area contributed by atoms with Gasteiger partial charge in [-0.3, -0.25) is 19.2 Å². The Balaban J connectivity index is 1.19. The topological polar surface area (TPSA) is 141 Å². The van der Waals surface area contributed by atoms with Crippen molar-refractivity contribution < 1.29 is 19.2 Å². The molecule has 4 rings (SSSR count). The summed E-state index contributed by atoms with van der Waals surface area (Å²) in [5.41, 5.74) is 9.12. The van der Waals surface area contributed by atoms with E-state index in [2.05, 4.69) is 31.7 Å². The first kappa shape index (κ1) is 38.1. The molecule has 0 bridgehead atoms. The zero-order valence-corrected chi connectivity index (χ0v) is 30.0. The fourth-order valence-electron chi connectivity index (χ4n) is 4.49. The molecule has 0 saturated carbocycles. The van der Waals surface area contributed by atoms with Crippen molar-refractivity contribution >= 4 is 92.8 Å². The predicted molar refractivity (Wildman–Crippen MR) is 201 cm³/mol. The molecule has 0 aliphatic heterocycles. The molecule has 14 heteroatoms. The van der Waals surface area contributed by atoms with Gasteiger partial charge in [0.1, 0.15) is 0 Å². The van der Waals surface area contributed by atoms with Gasteiger partial charge < -0.3 is 10.6 Å². The maximum Gasteiger partial charge on any atom is 0.257 e. The molecule has 0 atom stereocenters. The Morgan fingerprint density at radius 3 is 1.34 bits per heavy atom. The first-order chi connectivity index (χ1) is 23.9. The highest BCUT2D eigenvalue weighted by Crippen LogP contribution is 2.24. The van der Waals surface area contributed by atoms with Crippen LogP contribution in [0.1, 0.15) is 71.4 Å². The van der Waals surface area contributed by atoms with Crippen molar-refractivity contribution in [2.75, 3.05) is 10.6 Å². The van der Waals surface area contributed by atoms with Crippen LogP contribution in [0.5, 0.6) is 0 Å². The first-order valence-electron chi connectivity index (χ1n) is 15.3. The van der Waals surface area contributed by atoms with Crippen LogP contribution in [0.2, 0.25) is 20.1 Å². The molecule has 258 valence electrons. The van der Waals surface area contributed by atoms with E-state index in [4.69, 9.17) is 46.4 Å². The number of hydrazone groups is 2. The second-order valence-electron chi connectivity index (χ2n) is 11.0. The molecule has 4 N–H and O–H groups in total. The quantitative estimate of drug-likeness (QED) is 0.0616. The number of halogens is 4. The zero-order chi connectivity index (χ0) is 36.2. The third kappa shape index (κ3) is 11.4. The lowest BCUT2D eigenvalue weighted by Crippen LogP contribution is -2.20. The summed E-state index contributed by atoms with van der Waals surface area (Å²) in [5, 5.41) is 15.3. The molecular formula is C36H32Cl4N6O4. The Kier molecular flexibility index (Phi) is 13.9. The summed E-state index contributed by atoms with van der Waals surface area (Å²) in [5.74, 6) is -1.38. The number of carbonyl (C=O) groups excluding carboxylic acids is 4. The highest BCUT2D eigenvalue weighted by molar-refractivity contribution is 6.38. The summed E-state index contributed by atoms with van der Waals surface area (Å²) in [4.78, 5) is 50.0. The van der Waals surface area contributed by atoms with Gasteiger partial charge in [0.15, 0.2) is 0 Å². The number of nitrogens with one attached hydrogen (secondary N) is 4. The SMILES string of the molecule is C/C(=N\NC(=O)CCCCC(=O)N/N=C(\C)c1cccc(NC(=O)c2ccc(Cl)cc2Cl)c1)c1cccc(NC(=O)c2ccc(Cl)cc2Cl)c1. The van der Waals surface area contributed by atoms with Crippen molar-refractivity contribution in [3.05, 3.63) is 127 Å². The fourth-order valence-corrected chi connectivity index (χ4v) is 5.48. The lowest BCUT2D eigenvalue weighted by Gasteiger charge is -2.09. The van der Waals surface area contributed by atoms with E-state index in [1.54, 1.807) is 86.6 Å². The van der Waals surface area contributed by atoms with E-state index in [0.717, 1.165) is 0 Å². The minimum absolute atomic E-state index is 0.171. The van der Waals surface area contributed by atoms with Crippen molar-refractivity contribution in [3.8, 4) is 0 Å². The molecule has 0 spiro atoms. The number of anilines is 2. The number of unbranched alkanes of at least 4 members (excludes halogenated alkanes) is 1. The van der Waals surface area contributed by atoms with Crippen LogP contribution >= 0.6 is 46.4 Å². The van der Waals surface area contributed by atoms with Crippen molar-refractivity contribution in [2.45, 2.75) is 39.5 Å². The average molecular weight is 755 g/mol. The van der Waals surface area contributed by atoms with E-state index in [1.807, 2.05) is 0 Å². The van der Waals surface area contributed by atoms with Gasteiger partial charge in [-0.25, -0.2) is 10.9 Å². The van der Waals surface area contributed by atoms with Crippen molar-refractivity contribution in [3.63, 3.8) is 0 Å². The molecule has 0 aliphatic carbocycles. The molecule has 10 nitrogen and oxygen atoms in total. The summed E-state index contributed by atoms with van der Waals surface area (Å²) in [6, 6.07) is 23.2. The van der Waals surface area contributed by atoms with Crippen LogP contribution in [0.4, 0.5) is 11.4 Å². The molecule has 0 fully saturated rings. The van der Waals surface area contributed by atoms with Gasteiger partial charge in [0, 0.05) is 34.3 Å². The molecular weight excluding hydrogens is 722 g/mol. The number of benzene rings is 4. The van der Waals surface area contributed by atoms with Crippen LogP contribution in [0.15, 0.2) is 95.1 Å². The molecule has 4 amide bonds. The molecule has 50 heavy (non-hydrogen) atoms. The van der Waals surface area contributed by atoms with E-state index >= 15 is 0 Å². The predicted octanol–water partition coefficient (Wildman–Crippen LogP) is 8.75.